The van der Waals surface area contributed by atoms with Crippen LogP contribution in [0.25, 0.3) is 0 Å². The molecule has 0 aromatic carbocycles. The number of nitrogens with zero attached hydrogens (tertiary/aromatic N) is 2. The Hall–Kier alpha value is -1.58. The second kappa shape index (κ2) is 5.17. The first kappa shape index (κ1) is 13.5. The number of hydrogen-bond acceptors (Lipinski definition) is 3. The summed E-state index contributed by atoms with van der Waals surface area (Å²) >= 11 is 0. The highest BCUT2D eigenvalue weighted by molar-refractivity contribution is 5.95. The molecule has 0 fully saturated rings. The Labute approximate surface area is 103 Å². The van der Waals surface area contributed by atoms with E-state index in [1.165, 1.54) is 0 Å². The normalized spacial score (nSPS) is 11.0. The lowest BCUT2D eigenvalue weighted by Crippen LogP contribution is -2.33. The van der Waals surface area contributed by atoms with Gasteiger partial charge in [-0.1, -0.05) is 13.8 Å². The molecular formula is C13H21N3O. The first-order valence-corrected chi connectivity index (χ1v) is 5.87. The number of pyridine rings is 1. The molecule has 4 heteroatoms. The van der Waals surface area contributed by atoms with Gasteiger partial charge in [0, 0.05) is 24.3 Å². The van der Waals surface area contributed by atoms with Crippen LogP contribution in [-0.2, 0) is 0 Å². The maximum absolute atomic E-state index is 12.2. The summed E-state index contributed by atoms with van der Waals surface area (Å²) in [6, 6.07) is 3.62. The Morgan fingerprint density at radius 1 is 1.29 bits per heavy atom. The van der Waals surface area contributed by atoms with Crippen LogP contribution in [0.4, 0.5) is 5.82 Å². The molecule has 1 amide bonds. The minimum Gasteiger partial charge on any atom is -0.384 e. The Morgan fingerprint density at radius 2 is 1.88 bits per heavy atom. The average Bonchev–Trinajstić information content (AvgIpc) is 2.25. The van der Waals surface area contributed by atoms with Crippen LogP contribution >= 0.6 is 0 Å². The van der Waals surface area contributed by atoms with Crippen molar-refractivity contribution in [1.82, 2.24) is 9.88 Å². The van der Waals surface area contributed by atoms with Gasteiger partial charge in [0.25, 0.3) is 5.91 Å². The van der Waals surface area contributed by atoms with Gasteiger partial charge in [-0.3, -0.25) is 4.79 Å². The Morgan fingerprint density at radius 3 is 2.35 bits per heavy atom. The Kier molecular flexibility index (Phi) is 4.10. The molecule has 94 valence electrons. The highest BCUT2D eigenvalue weighted by atomic mass is 16.2. The molecule has 0 bridgehead atoms. The molecule has 1 rings (SSSR count). The van der Waals surface area contributed by atoms with Gasteiger partial charge in [0.15, 0.2) is 0 Å². The average molecular weight is 235 g/mol. The monoisotopic (exact) mass is 235 g/mol. The van der Waals surface area contributed by atoms with E-state index in [-0.39, 0.29) is 17.9 Å². The van der Waals surface area contributed by atoms with Crippen molar-refractivity contribution in [2.75, 3.05) is 12.8 Å². The van der Waals surface area contributed by atoms with Crippen molar-refractivity contribution in [2.24, 2.45) is 0 Å². The summed E-state index contributed by atoms with van der Waals surface area (Å²) in [7, 11) is 1.79. The summed E-state index contributed by atoms with van der Waals surface area (Å²) in [6.07, 6.45) is 0. The van der Waals surface area contributed by atoms with Crippen molar-refractivity contribution in [2.45, 2.75) is 39.7 Å². The second-order valence-corrected chi connectivity index (χ2v) is 4.87. The van der Waals surface area contributed by atoms with Gasteiger partial charge in [-0.05, 0) is 31.9 Å². The van der Waals surface area contributed by atoms with Gasteiger partial charge in [0.1, 0.15) is 5.82 Å². The van der Waals surface area contributed by atoms with Crippen molar-refractivity contribution in [1.29, 1.82) is 0 Å². The Balaban J connectivity index is 3.10. The number of aromatic nitrogens is 1. The number of hydrogen-bond donors (Lipinski definition) is 1. The molecule has 0 aliphatic rings. The molecule has 17 heavy (non-hydrogen) atoms. The molecule has 0 radical (unpaired) electrons. The second-order valence-electron chi connectivity index (χ2n) is 4.87. The van der Waals surface area contributed by atoms with E-state index in [4.69, 9.17) is 5.73 Å². The predicted molar refractivity (Wildman–Crippen MR) is 70.0 cm³/mol. The number of nitrogen functional groups attached to an aromatic ring is 1. The predicted octanol–water partition coefficient (Wildman–Crippen LogP) is 2.27. The van der Waals surface area contributed by atoms with E-state index in [0.717, 1.165) is 5.69 Å². The minimum absolute atomic E-state index is 0.0176. The maximum atomic E-state index is 12.2. The minimum atomic E-state index is -0.0176. The van der Waals surface area contributed by atoms with Gasteiger partial charge in [-0.2, -0.15) is 0 Å². The molecule has 0 saturated carbocycles. The van der Waals surface area contributed by atoms with Crippen molar-refractivity contribution < 1.29 is 4.79 Å². The topological polar surface area (TPSA) is 59.2 Å². The van der Waals surface area contributed by atoms with Gasteiger partial charge in [0.05, 0.1) is 0 Å². The number of nitrogens with two attached hydrogens (primary N) is 1. The van der Waals surface area contributed by atoms with Crippen LogP contribution in [0, 0.1) is 0 Å². The van der Waals surface area contributed by atoms with Gasteiger partial charge in [-0.25, -0.2) is 4.98 Å². The zero-order chi connectivity index (χ0) is 13.2. The lowest BCUT2D eigenvalue weighted by Gasteiger charge is -2.22. The molecule has 0 unspecified atom stereocenters. The SMILES string of the molecule is CC(C)c1cc(C(=O)N(C)C(C)C)cc(N)n1. The molecule has 0 aliphatic carbocycles. The fourth-order valence-electron chi connectivity index (χ4n) is 1.43. The molecular weight excluding hydrogens is 214 g/mol. The van der Waals surface area contributed by atoms with Crippen LogP contribution in [0.5, 0.6) is 0 Å². The molecule has 0 aliphatic heterocycles. The van der Waals surface area contributed by atoms with Crippen LogP contribution in [0.15, 0.2) is 12.1 Å². The summed E-state index contributed by atoms with van der Waals surface area (Å²) in [5.74, 6) is 0.641. The van der Waals surface area contributed by atoms with Crippen molar-refractivity contribution in [3.05, 3.63) is 23.4 Å². The molecule has 0 spiro atoms. The van der Waals surface area contributed by atoms with Crippen LogP contribution < -0.4 is 5.73 Å². The van der Waals surface area contributed by atoms with Crippen LogP contribution in [-0.4, -0.2) is 28.9 Å². The van der Waals surface area contributed by atoms with Crippen LogP contribution in [0.2, 0.25) is 0 Å². The first-order valence-electron chi connectivity index (χ1n) is 5.87. The number of carbonyl (C=O) groups is 1. The zero-order valence-electron chi connectivity index (χ0n) is 11.2. The van der Waals surface area contributed by atoms with E-state index >= 15 is 0 Å². The van der Waals surface area contributed by atoms with E-state index in [9.17, 15) is 4.79 Å². The van der Waals surface area contributed by atoms with Gasteiger partial charge < -0.3 is 10.6 Å². The fourth-order valence-corrected chi connectivity index (χ4v) is 1.43. The van der Waals surface area contributed by atoms with Crippen molar-refractivity contribution in [3.8, 4) is 0 Å². The van der Waals surface area contributed by atoms with Crippen molar-refractivity contribution >= 4 is 11.7 Å². The summed E-state index contributed by atoms with van der Waals surface area (Å²) in [5.41, 5.74) is 7.19. The Bertz CT molecular complexity index is 413. The van der Waals surface area contributed by atoms with E-state index in [1.807, 2.05) is 33.8 Å². The first-order chi connectivity index (χ1) is 7.82. The lowest BCUT2D eigenvalue weighted by atomic mass is 10.1. The number of carbonyl (C=O) groups excluding carboxylic acids is 1. The summed E-state index contributed by atoms with van der Waals surface area (Å²) in [6.45, 7) is 8.02. The summed E-state index contributed by atoms with van der Waals surface area (Å²) < 4.78 is 0. The number of amides is 1. The molecule has 4 nitrogen and oxygen atoms in total. The zero-order valence-corrected chi connectivity index (χ0v) is 11.2. The highest BCUT2D eigenvalue weighted by Gasteiger charge is 2.16. The quantitative estimate of drug-likeness (QED) is 0.874. The maximum Gasteiger partial charge on any atom is 0.254 e. The van der Waals surface area contributed by atoms with E-state index in [2.05, 4.69) is 4.98 Å². The van der Waals surface area contributed by atoms with Crippen LogP contribution in [0.1, 0.15) is 49.7 Å². The van der Waals surface area contributed by atoms with Gasteiger partial charge >= 0.3 is 0 Å². The van der Waals surface area contributed by atoms with Gasteiger partial charge in [0.2, 0.25) is 0 Å². The summed E-state index contributed by atoms with van der Waals surface area (Å²) in [5, 5.41) is 0. The third-order valence-corrected chi connectivity index (χ3v) is 2.80. The molecule has 0 saturated heterocycles. The summed E-state index contributed by atoms with van der Waals surface area (Å²) in [4.78, 5) is 18.1. The van der Waals surface area contributed by atoms with Crippen LogP contribution in [0.3, 0.4) is 0 Å². The number of anilines is 1. The molecule has 1 heterocycles. The molecule has 1 aromatic rings. The van der Waals surface area contributed by atoms with E-state index in [0.29, 0.717) is 11.4 Å². The number of rotatable bonds is 3. The van der Waals surface area contributed by atoms with E-state index in [1.54, 1.807) is 18.0 Å². The fraction of sp³-hybridized carbons (Fsp3) is 0.538. The van der Waals surface area contributed by atoms with Gasteiger partial charge in [-0.15, -0.1) is 0 Å². The molecule has 2 N–H and O–H groups in total. The third kappa shape index (κ3) is 3.19. The smallest absolute Gasteiger partial charge is 0.254 e. The largest absolute Gasteiger partial charge is 0.384 e. The third-order valence-electron chi connectivity index (χ3n) is 2.80. The molecule has 1 aromatic heterocycles. The lowest BCUT2D eigenvalue weighted by molar-refractivity contribution is 0.0754. The van der Waals surface area contributed by atoms with E-state index < -0.39 is 0 Å². The molecule has 0 atom stereocenters. The standard InChI is InChI=1S/C13H21N3O/c1-8(2)11-6-10(7-12(14)15-11)13(17)16(5)9(3)4/h6-9H,1-5H3,(H2,14,15). The van der Waals surface area contributed by atoms with Crippen molar-refractivity contribution in [3.63, 3.8) is 0 Å². The highest BCUT2D eigenvalue weighted by Crippen LogP contribution is 2.17.